The highest BCUT2D eigenvalue weighted by Gasteiger charge is 2.65. The molecule has 4 atom stereocenters. The number of nitriles is 1. The summed E-state index contributed by atoms with van der Waals surface area (Å²) in [7, 11) is 0. The number of nitrogens with zero attached hydrogens (tertiary/aromatic N) is 1. The molecule has 3 nitrogen and oxygen atoms in total. The normalized spacial score (nSPS) is 36.7. The minimum Gasteiger partial charge on any atom is -0.370 e. The number of hydrogen-bond acceptors (Lipinski definition) is 3. The molecule has 2 saturated heterocycles. The molecule has 2 heterocycles. The van der Waals surface area contributed by atoms with Crippen molar-refractivity contribution in [2.75, 3.05) is 0 Å². The Morgan fingerprint density at radius 1 is 1.41 bits per heavy atom. The van der Waals surface area contributed by atoms with Crippen LogP contribution in [0.1, 0.15) is 44.7 Å². The monoisotopic (exact) mass is 411 g/mol. The summed E-state index contributed by atoms with van der Waals surface area (Å²) in [6.07, 6.45) is 2.09. The van der Waals surface area contributed by atoms with Gasteiger partial charge >= 0.3 is 0 Å². The largest absolute Gasteiger partial charge is 0.370 e. The number of hydrogen-bond donors (Lipinski definition) is 0. The molecule has 0 aromatic heterocycles. The number of ether oxygens (including phenoxy) is 2. The first-order chi connectivity index (χ1) is 10.4. The predicted molar refractivity (Wildman–Crippen MR) is 93.8 cm³/mol. The van der Waals surface area contributed by atoms with Crippen molar-refractivity contribution in [2.45, 2.75) is 61.5 Å². The molecule has 0 saturated carbocycles. The van der Waals surface area contributed by atoms with Crippen LogP contribution in [-0.4, -0.2) is 21.2 Å². The number of rotatable bonds is 4. The molecule has 2 aliphatic heterocycles. The van der Waals surface area contributed by atoms with Crippen molar-refractivity contribution in [3.05, 3.63) is 35.4 Å². The summed E-state index contributed by atoms with van der Waals surface area (Å²) in [5, 5.41) is 9.18. The van der Waals surface area contributed by atoms with E-state index in [4.69, 9.17) is 9.47 Å². The Hall–Kier alpha value is -0.640. The van der Waals surface area contributed by atoms with E-state index < -0.39 is 0 Å². The van der Waals surface area contributed by atoms with Crippen LogP contribution in [0.4, 0.5) is 0 Å². The highest BCUT2D eigenvalue weighted by molar-refractivity contribution is 14.1. The average Bonchev–Trinajstić information content (AvgIpc) is 2.93. The fourth-order valence-corrected chi connectivity index (χ4v) is 5.81. The molecule has 22 heavy (non-hydrogen) atoms. The van der Waals surface area contributed by atoms with Crippen molar-refractivity contribution < 1.29 is 9.47 Å². The SMILES string of the molecule is CC(C)C12CC(OCc3ccccc3C#N)C(C)(CC1I)O2. The van der Waals surface area contributed by atoms with Crippen LogP contribution in [0.15, 0.2) is 24.3 Å². The van der Waals surface area contributed by atoms with Gasteiger partial charge in [-0.25, -0.2) is 0 Å². The lowest BCUT2D eigenvalue weighted by Crippen LogP contribution is -2.44. The van der Waals surface area contributed by atoms with Crippen molar-refractivity contribution in [3.63, 3.8) is 0 Å². The van der Waals surface area contributed by atoms with Gasteiger partial charge in [-0.05, 0) is 30.9 Å². The maximum absolute atomic E-state index is 9.18. The summed E-state index contributed by atoms with van der Waals surface area (Å²) in [6.45, 7) is 7.14. The number of halogens is 1. The molecule has 2 bridgehead atoms. The second kappa shape index (κ2) is 5.77. The first-order valence-electron chi connectivity index (χ1n) is 7.85. The van der Waals surface area contributed by atoms with Gasteiger partial charge in [-0.15, -0.1) is 0 Å². The Kier molecular flexibility index (Phi) is 4.26. The van der Waals surface area contributed by atoms with Crippen molar-refractivity contribution >= 4 is 22.6 Å². The Morgan fingerprint density at radius 2 is 2.14 bits per heavy atom. The van der Waals surface area contributed by atoms with Crippen molar-refractivity contribution in [2.24, 2.45) is 5.92 Å². The van der Waals surface area contributed by atoms with E-state index in [0.717, 1.165) is 18.4 Å². The first kappa shape index (κ1) is 16.2. The van der Waals surface area contributed by atoms with Gasteiger partial charge < -0.3 is 9.47 Å². The van der Waals surface area contributed by atoms with Crippen LogP contribution >= 0.6 is 22.6 Å². The molecular formula is C18H22INO2. The lowest BCUT2D eigenvalue weighted by atomic mass is 9.75. The van der Waals surface area contributed by atoms with E-state index in [1.165, 1.54) is 0 Å². The van der Waals surface area contributed by atoms with Crippen LogP contribution in [0.3, 0.4) is 0 Å². The third-order valence-electron chi connectivity index (χ3n) is 5.28. The van der Waals surface area contributed by atoms with E-state index in [1.807, 2.05) is 24.3 Å². The zero-order valence-corrected chi connectivity index (χ0v) is 15.5. The van der Waals surface area contributed by atoms with Crippen LogP contribution < -0.4 is 0 Å². The standard InChI is InChI=1S/C18H22INO2/c1-12(2)18-9-16(17(3,22-18)8-15(18)19)21-11-14-7-5-4-6-13(14)10-20/h4-7,12,15-16H,8-9,11H2,1-3H3. The fraction of sp³-hybridized carbons (Fsp3) is 0.611. The van der Waals surface area contributed by atoms with E-state index in [0.29, 0.717) is 22.0 Å². The number of fused-ring (bicyclic) bond motifs is 2. The third kappa shape index (κ3) is 2.47. The molecule has 0 spiro atoms. The average molecular weight is 411 g/mol. The summed E-state index contributed by atoms with van der Waals surface area (Å²) < 4.78 is 13.2. The third-order valence-corrected chi connectivity index (χ3v) is 6.77. The smallest absolute Gasteiger partial charge is 0.0995 e. The lowest BCUT2D eigenvalue weighted by molar-refractivity contribution is -0.0954. The Labute approximate surface area is 146 Å². The summed E-state index contributed by atoms with van der Waals surface area (Å²) in [6, 6.07) is 9.88. The summed E-state index contributed by atoms with van der Waals surface area (Å²) in [5.41, 5.74) is 1.40. The maximum atomic E-state index is 9.18. The van der Waals surface area contributed by atoms with E-state index in [1.54, 1.807) is 0 Å². The zero-order valence-electron chi connectivity index (χ0n) is 13.3. The highest BCUT2D eigenvalue weighted by Crippen LogP contribution is 2.57. The molecule has 0 amide bonds. The molecular weight excluding hydrogens is 389 g/mol. The Bertz CT molecular complexity index is 611. The Balaban J connectivity index is 1.74. The minimum absolute atomic E-state index is 0.0608. The lowest BCUT2D eigenvalue weighted by Gasteiger charge is -2.35. The molecule has 2 fully saturated rings. The van der Waals surface area contributed by atoms with E-state index in [9.17, 15) is 5.26 Å². The van der Waals surface area contributed by atoms with Crippen molar-refractivity contribution in [3.8, 4) is 6.07 Å². The second-order valence-corrected chi connectivity index (χ2v) is 8.47. The topological polar surface area (TPSA) is 42.2 Å². The molecule has 0 radical (unpaired) electrons. The van der Waals surface area contributed by atoms with Crippen LogP contribution in [-0.2, 0) is 16.1 Å². The van der Waals surface area contributed by atoms with Crippen molar-refractivity contribution in [1.82, 2.24) is 0 Å². The number of alkyl halides is 1. The summed E-state index contributed by atoms with van der Waals surface area (Å²) >= 11 is 2.54. The van der Waals surface area contributed by atoms with Crippen LogP contribution in [0.25, 0.3) is 0 Å². The molecule has 3 rings (SSSR count). The van der Waals surface area contributed by atoms with Gasteiger partial charge in [0.15, 0.2) is 0 Å². The molecule has 0 N–H and O–H groups in total. The predicted octanol–water partition coefficient (Wildman–Crippen LogP) is 4.22. The quantitative estimate of drug-likeness (QED) is 0.550. The van der Waals surface area contributed by atoms with E-state index in [-0.39, 0.29) is 17.3 Å². The molecule has 4 unspecified atom stereocenters. The molecule has 1 aromatic carbocycles. The first-order valence-corrected chi connectivity index (χ1v) is 9.10. The van der Waals surface area contributed by atoms with Crippen LogP contribution in [0, 0.1) is 17.2 Å². The highest BCUT2D eigenvalue weighted by atomic mass is 127. The van der Waals surface area contributed by atoms with Gasteiger partial charge in [0, 0.05) is 10.3 Å². The summed E-state index contributed by atoms with van der Waals surface area (Å²) in [4.78, 5) is 0. The minimum atomic E-state index is -0.197. The zero-order chi connectivity index (χ0) is 16.0. The van der Waals surface area contributed by atoms with Gasteiger partial charge in [0.05, 0.1) is 35.5 Å². The van der Waals surface area contributed by atoms with Gasteiger partial charge in [-0.3, -0.25) is 0 Å². The van der Waals surface area contributed by atoms with Crippen LogP contribution in [0.5, 0.6) is 0 Å². The summed E-state index contributed by atoms with van der Waals surface area (Å²) in [5.74, 6) is 0.483. The number of benzene rings is 1. The van der Waals surface area contributed by atoms with E-state index in [2.05, 4.69) is 49.4 Å². The van der Waals surface area contributed by atoms with Gasteiger partial charge in [-0.2, -0.15) is 5.26 Å². The molecule has 0 aliphatic carbocycles. The molecule has 2 aliphatic rings. The van der Waals surface area contributed by atoms with Crippen LogP contribution in [0.2, 0.25) is 0 Å². The molecule has 118 valence electrons. The van der Waals surface area contributed by atoms with Gasteiger partial charge in [-0.1, -0.05) is 54.6 Å². The fourth-order valence-electron chi connectivity index (χ4n) is 3.84. The molecule has 1 aromatic rings. The van der Waals surface area contributed by atoms with Gasteiger partial charge in [0.1, 0.15) is 0 Å². The Morgan fingerprint density at radius 3 is 2.77 bits per heavy atom. The second-order valence-electron chi connectivity index (χ2n) is 6.97. The van der Waals surface area contributed by atoms with Gasteiger partial charge in [0.25, 0.3) is 0 Å². The van der Waals surface area contributed by atoms with Crippen molar-refractivity contribution in [1.29, 1.82) is 5.26 Å². The van der Waals surface area contributed by atoms with E-state index >= 15 is 0 Å². The molecule has 4 heteroatoms. The van der Waals surface area contributed by atoms with Gasteiger partial charge in [0.2, 0.25) is 0 Å². The maximum Gasteiger partial charge on any atom is 0.0995 e.